The number of para-hydroxylation sites is 1. The van der Waals surface area contributed by atoms with Gasteiger partial charge in [0.1, 0.15) is 11.9 Å². The quantitative estimate of drug-likeness (QED) is 0.552. The van der Waals surface area contributed by atoms with Gasteiger partial charge >= 0.3 is 11.8 Å². The van der Waals surface area contributed by atoms with E-state index in [9.17, 15) is 18.8 Å². The lowest BCUT2D eigenvalue weighted by Gasteiger charge is -2.22. The molecule has 0 fully saturated rings. The molecule has 3 amide bonds. The van der Waals surface area contributed by atoms with Crippen LogP contribution in [0.3, 0.4) is 0 Å². The summed E-state index contributed by atoms with van der Waals surface area (Å²) in [7, 11) is 0. The van der Waals surface area contributed by atoms with Gasteiger partial charge in [0.25, 0.3) is 5.91 Å². The van der Waals surface area contributed by atoms with E-state index in [-0.39, 0.29) is 24.3 Å². The number of carbonyl (C=O) groups excluding carboxylic acids is 3. The number of benzene rings is 2. The summed E-state index contributed by atoms with van der Waals surface area (Å²) in [5.41, 5.74) is 3.04. The first-order chi connectivity index (χ1) is 14.9. The SMILES string of the molecule is CC(C)N1C(=O)[C@H](NC(=O)C(=O)NCCc2c[nH]c3ccc(F)cc23)c2ccccc21. The number of amides is 3. The standard InChI is InChI=1S/C23H23FN4O3/c1-13(2)28-19-6-4-3-5-16(19)20(23(28)31)27-22(30)21(29)25-10-9-14-12-26-18-8-7-15(24)11-17(14)18/h3-8,11-13,20,26H,9-10H2,1-2H3,(H,25,29)(H,27,30)/t20-/m1/s1. The number of anilines is 1. The maximum Gasteiger partial charge on any atom is 0.310 e. The molecule has 0 aliphatic carbocycles. The molecule has 2 heterocycles. The zero-order valence-electron chi connectivity index (χ0n) is 17.2. The average molecular weight is 422 g/mol. The number of H-pyrrole nitrogens is 1. The van der Waals surface area contributed by atoms with Crippen molar-refractivity contribution < 1.29 is 18.8 Å². The number of nitrogens with zero attached hydrogens (tertiary/aromatic N) is 1. The predicted molar refractivity (Wildman–Crippen MR) is 115 cm³/mol. The first kappa shape index (κ1) is 20.6. The van der Waals surface area contributed by atoms with Gasteiger partial charge in [0.15, 0.2) is 0 Å². The van der Waals surface area contributed by atoms with Crippen LogP contribution in [0.25, 0.3) is 10.9 Å². The third-order valence-corrected chi connectivity index (χ3v) is 5.40. The second-order valence-corrected chi connectivity index (χ2v) is 7.78. The average Bonchev–Trinajstić information content (AvgIpc) is 3.26. The fourth-order valence-corrected chi connectivity index (χ4v) is 3.96. The van der Waals surface area contributed by atoms with Gasteiger partial charge in [-0.15, -0.1) is 0 Å². The highest BCUT2D eigenvalue weighted by atomic mass is 19.1. The summed E-state index contributed by atoms with van der Waals surface area (Å²) in [6.07, 6.45) is 2.18. The monoisotopic (exact) mass is 422 g/mol. The van der Waals surface area contributed by atoms with Gasteiger partial charge in [0, 0.05) is 40.9 Å². The summed E-state index contributed by atoms with van der Waals surface area (Å²) < 4.78 is 13.5. The Kier molecular flexibility index (Phi) is 5.46. The maximum atomic E-state index is 13.5. The Morgan fingerprint density at radius 2 is 1.94 bits per heavy atom. The van der Waals surface area contributed by atoms with Crippen LogP contribution in [0.5, 0.6) is 0 Å². The van der Waals surface area contributed by atoms with Gasteiger partial charge in [-0.2, -0.15) is 0 Å². The van der Waals surface area contributed by atoms with Gasteiger partial charge in [0.05, 0.1) is 0 Å². The first-order valence-electron chi connectivity index (χ1n) is 10.1. The number of carbonyl (C=O) groups is 3. The van der Waals surface area contributed by atoms with Crippen molar-refractivity contribution >= 4 is 34.3 Å². The van der Waals surface area contributed by atoms with E-state index in [4.69, 9.17) is 0 Å². The molecule has 3 aromatic rings. The van der Waals surface area contributed by atoms with Crippen molar-refractivity contribution in [2.24, 2.45) is 0 Å². The minimum atomic E-state index is -0.895. The van der Waals surface area contributed by atoms with Crippen LogP contribution in [0, 0.1) is 5.82 Å². The van der Waals surface area contributed by atoms with E-state index < -0.39 is 17.9 Å². The van der Waals surface area contributed by atoms with Crippen LogP contribution in [0.2, 0.25) is 0 Å². The number of fused-ring (bicyclic) bond motifs is 2. The van der Waals surface area contributed by atoms with Gasteiger partial charge < -0.3 is 20.5 Å². The molecular weight excluding hydrogens is 399 g/mol. The Bertz CT molecular complexity index is 1170. The van der Waals surface area contributed by atoms with Crippen LogP contribution in [-0.2, 0) is 20.8 Å². The van der Waals surface area contributed by atoms with Gasteiger partial charge in [-0.05, 0) is 50.1 Å². The van der Waals surface area contributed by atoms with Crippen LogP contribution < -0.4 is 15.5 Å². The molecule has 0 radical (unpaired) electrons. The van der Waals surface area contributed by atoms with Crippen LogP contribution in [0.15, 0.2) is 48.7 Å². The number of hydrogen-bond donors (Lipinski definition) is 3. The van der Waals surface area contributed by atoms with E-state index in [0.717, 1.165) is 22.2 Å². The molecule has 0 unspecified atom stereocenters. The molecule has 8 heteroatoms. The first-order valence-corrected chi connectivity index (χ1v) is 10.1. The van der Waals surface area contributed by atoms with Crippen LogP contribution in [0.1, 0.15) is 31.0 Å². The lowest BCUT2D eigenvalue weighted by molar-refractivity contribution is -0.140. The second-order valence-electron chi connectivity index (χ2n) is 7.78. The summed E-state index contributed by atoms with van der Waals surface area (Å²) >= 11 is 0. The number of aromatic amines is 1. The van der Waals surface area contributed by atoms with Gasteiger partial charge in [-0.25, -0.2) is 4.39 Å². The molecule has 160 valence electrons. The molecule has 0 bridgehead atoms. The molecule has 3 N–H and O–H groups in total. The van der Waals surface area contributed by atoms with Crippen LogP contribution >= 0.6 is 0 Å². The molecule has 1 aliphatic rings. The third kappa shape index (κ3) is 3.88. The number of rotatable bonds is 5. The molecule has 7 nitrogen and oxygen atoms in total. The van der Waals surface area contributed by atoms with Gasteiger partial charge in [0.2, 0.25) is 0 Å². The number of halogens is 1. The zero-order valence-corrected chi connectivity index (χ0v) is 17.2. The number of nitrogens with one attached hydrogen (secondary N) is 3. The van der Waals surface area contributed by atoms with Gasteiger partial charge in [-0.3, -0.25) is 14.4 Å². The lowest BCUT2D eigenvalue weighted by atomic mass is 10.1. The Labute approximate surface area is 178 Å². The molecule has 4 rings (SSSR count). The summed E-state index contributed by atoms with van der Waals surface area (Å²) in [5, 5.41) is 5.85. The van der Waals surface area contributed by atoms with Crippen molar-refractivity contribution in [3.8, 4) is 0 Å². The molecule has 1 atom stereocenters. The number of hydrogen-bond acceptors (Lipinski definition) is 3. The minimum absolute atomic E-state index is 0.0783. The summed E-state index contributed by atoms with van der Waals surface area (Å²) in [6, 6.07) is 10.7. The molecule has 0 saturated heterocycles. The maximum absolute atomic E-state index is 13.5. The van der Waals surface area contributed by atoms with E-state index in [1.54, 1.807) is 29.3 Å². The summed E-state index contributed by atoms with van der Waals surface area (Å²) in [6.45, 7) is 3.98. The van der Waals surface area contributed by atoms with E-state index in [2.05, 4.69) is 15.6 Å². The molecule has 1 aliphatic heterocycles. The summed E-state index contributed by atoms with van der Waals surface area (Å²) in [5.74, 6) is -2.30. The molecule has 2 aromatic carbocycles. The van der Waals surface area contributed by atoms with Crippen molar-refractivity contribution in [1.82, 2.24) is 15.6 Å². The van der Waals surface area contributed by atoms with E-state index >= 15 is 0 Å². The van der Waals surface area contributed by atoms with Crippen molar-refractivity contribution in [2.75, 3.05) is 11.4 Å². The number of aromatic nitrogens is 1. The Morgan fingerprint density at radius 1 is 1.16 bits per heavy atom. The predicted octanol–water partition coefficient (Wildman–Crippen LogP) is 2.58. The largest absolute Gasteiger partial charge is 0.361 e. The Hall–Kier alpha value is -3.68. The van der Waals surface area contributed by atoms with Crippen LogP contribution in [0.4, 0.5) is 10.1 Å². The Morgan fingerprint density at radius 3 is 2.71 bits per heavy atom. The highest BCUT2D eigenvalue weighted by Gasteiger charge is 2.39. The van der Waals surface area contributed by atoms with Crippen molar-refractivity contribution in [2.45, 2.75) is 32.4 Å². The van der Waals surface area contributed by atoms with Crippen molar-refractivity contribution in [3.05, 3.63) is 65.6 Å². The fourth-order valence-electron chi connectivity index (χ4n) is 3.96. The van der Waals surface area contributed by atoms with E-state index in [1.165, 1.54) is 12.1 Å². The molecule has 31 heavy (non-hydrogen) atoms. The minimum Gasteiger partial charge on any atom is -0.361 e. The smallest absolute Gasteiger partial charge is 0.310 e. The van der Waals surface area contributed by atoms with Gasteiger partial charge in [-0.1, -0.05) is 18.2 Å². The Balaban J connectivity index is 1.38. The molecule has 0 spiro atoms. The third-order valence-electron chi connectivity index (χ3n) is 5.40. The van der Waals surface area contributed by atoms with E-state index in [0.29, 0.717) is 12.0 Å². The second kappa shape index (κ2) is 8.22. The highest BCUT2D eigenvalue weighted by Crippen LogP contribution is 2.36. The normalized spacial score (nSPS) is 15.4. The lowest BCUT2D eigenvalue weighted by Crippen LogP contribution is -2.45. The molecular formula is C23H23FN4O3. The van der Waals surface area contributed by atoms with Crippen molar-refractivity contribution in [1.29, 1.82) is 0 Å². The van der Waals surface area contributed by atoms with Crippen LogP contribution in [-0.4, -0.2) is 35.3 Å². The fraction of sp³-hybridized carbons (Fsp3) is 0.261. The highest BCUT2D eigenvalue weighted by molar-refractivity contribution is 6.35. The van der Waals surface area contributed by atoms with E-state index in [1.807, 2.05) is 26.0 Å². The summed E-state index contributed by atoms with van der Waals surface area (Å²) in [4.78, 5) is 42.2. The van der Waals surface area contributed by atoms with Crippen molar-refractivity contribution in [3.63, 3.8) is 0 Å². The topological polar surface area (TPSA) is 94.3 Å². The zero-order chi connectivity index (χ0) is 22.1. The molecule has 1 aromatic heterocycles. The molecule has 0 saturated carbocycles.